The van der Waals surface area contributed by atoms with Gasteiger partial charge in [0.2, 0.25) is 0 Å². The van der Waals surface area contributed by atoms with Crippen molar-refractivity contribution in [2.75, 3.05) is 7.11 Å². The van der Waals surface area contributed by atoms with E-state index in [9.17, 15) is 5.11 Å². The number of benzene rings is 2. The zero-order chi connectivity index (χ0) is 14.2. The van der Waals surface area contributed by atoms with Crippen LogP contribution in [0.2, 0.25) is 0 Å². The topological polar surface area (TPSA) is 29.5 Å². The molecule has 0 heterocycles. The minimum atomic E-state index is 0.369. The molecule has 2 nitrogen and oxygen atoms in total. The van der Waals surface area contributed by atoms with Gasteiger partial charge < -0.3 is 9.84 Å². The maximum absolute atomic E-state index is 10.1. The highest BCUT2D eigenvalue weighted by atomic mass is 16.5. The van der Waals surface area contributed by atoms with Gasteiger partial charge in [0.15, 0.2) is 0 Å². The first kappa shape index (κ1) is 13.7. The number of phenols is 1. The first-order valence-electron chi connectivity index (χ1n) is 6.80. The first-order chi connectivity index (χ1) is 8.99. The van der Waals surface area contributed by atoms with Gasteiger partial charge in [0.25, 0.3) is 0 Å². The Labute approximate surface area is 115 Å². The Balaban J connectivity index is 2.85. The molecule has 0 aromatic heterocycles. The Kier molecular flexibility index (Phi) is 3.70. The smallest absolute Gasteiger partial charge is 0.122 e. The summed E-state index contributed by atoms with van der Waals surface area (Å²) in [5.41, 5.74) is 3.26. The van der Waals surface area contributed by atoms with E-state index in [1.165, 1.54) is 10.9 Å². The number of hydrogen-bond acceptors (Lipinski definition) is 2. The second-order valence-corrected chi connectivity index (χ2v) is 5.29. The maximum atomic E-state index is 10.1. The lowest BCUT2D eigenvalue weighted by atomic mass is 9.89. The molecule has 1 atom stereocenters. The molecular weight excluding hydrogens is 236 g/mol. The van der Waals surface area contributed by atoms with E-state index >= 15 is 0 Å². The van der Waals surface area contributed by atoms with Crippen molar-refractivity contribution in [3.8, 4) is 11.5 Å². The number of methoxy groups -OCH3 is 1. The van der Waals surface area contributed by atoms with Crippen LogP contribution in [0.4, 0.5) is 0 Å². The minimum absolute atomic E-state index is 0.369. The van der Waals surface area contributed by atoms with Crippen LogP contribution in [0.5, 0.6) is 11.5 Å². The van der Waals surface area contributed by atoms with Gasteiger partial charge in [-0.2, -0.15) is 0 Å². The van der Waals surface area contributed by atoms with Crippen LogP contribution in [-0.4, -0.2) is 12.2 Å². The summed E-state index contributed by atoms with van der Waals surface area (Å²) in [6.45, 7) is 8.38. The van der Waals surface area contributed by atoms with Gasteiger partial charge >= 0.3 is 0 Å². The summed E-state index contributed by atoms with van der Waals surface area (Å²) in [6.07, 6.45) is 1.06. The van der Waals surface area contributed by atoms with Crippen LogP contribution in [0, 0.1) is 13.8 Å². The summed E-state index contributed by atoms with van der Waals surface area (Å²) in [6, 6.07) is 6.12. The van der Waals surface area contributed by atoms with Crippen LogP contribution < -0.4 is 4.74 Å². The van der Waals surface area contributed by atoms with E-state index in [1.54, 1.807) is 7.11 Å². The Hall–Kier alpha value is -1.70. The summed E-state index contributed by atoms with van der Waals surface area (Å²) in [5, 5.41) is 12.4. The molecule has 2 aromatic carbocycles. The highest BCUT2D eigenvalue weighted by molar-refractivity contribution is 5.92. The molecule has 2 aromatic rings. The number of aromatic hydroxyl groups is 1. The molecule has 0 aliphatic carbocycles. The van der Waals surface area contributed by atoms with Crippen molar-refractivity contribution < 1.29 is 9.84 Å². The standard InChI is InChI=1S/C17H22O2/c1-6-10(2)13-8-16(18)12(4)14-9-17(19-5)11(3)7-15(13)14/h7-10,18H,6H2,1-5H3. The largest absolute Gasteiger partial charge is 0.508 e. The monoisotopic (exact) mass is 258 g/mol. The van der Waals surface area contributed by atoms with Crippen molar-refractivity contribution in [2.24, 2.45) is 0 Å². The summed E-state index contributed by atoms with van der Waals surface area (Å²) in [5.74, 6) is 1.67. The normalized spacial score (nSPS) is 12.7. The van der Waals surface area contributed by atoms with Crippen LogP contribution in [0.3, 0.4) is 0 Å². The molecule has 0 radical (unpaired) electrons. The highest BCUT2D eigenvalue weighted by Crippen LogP contribution is 2.37. The molecule has 2 heteroatoms. The average Bonchev–Trinajstić information content (AvgIpc) is 2.41. The fourth-order valence-electron chi connectivity index (χ4n) is 2.56. The Morgan fingerprint density at radius 2 is 1.84 bits per heavy atom. The highest BCUT2D eigenvalue weighted by Gasteiger charge is 2.14. The molecule has 19 heavy (non-hydrogen) atoms. The quantitative estimate of drug-likeness (QED) is 0.865. The predicted molar refractivity (Wildman–Crippen MR) is 80.3 cm³/mol. The summed E-state index contributed by atoms with van der Waals surface area (Å²) < 4.78 is 5.39. The third-order valence-corrected chi connectivity index (χ3v) is 4.07. The van der Waals surface area contributed by atoms with Gasteiger partial charge in [0.05, 0.1) is 7.11 Å². The van der Waals surface area contributed by atoms with Crippen LogP contribution >= 0.6 is 0 Å². The summed E-state index contributed by atoms with van der Waals surface area (Å²) in [4.78, 5) is 0. The van der Waals surface area contributed by atoms with Gasteiger partial charge in [-0.1, -0.05) is 13.8 Å². The third kappa shape index (κ3) is 2.27. The van der Waals surface area contributed by atoms with Gasteiger partial charge in [0, 0.05) is 0 Å². The molecule has 0 fully saturated rings. The van der Waals surface area contributed by atoms with Crippen LogP contribution in [0.15, 0.2) is 18.2 Å². The molecule has 1 N–H and O–H groups in total. The lowest BCUT2D eigenvalue weighted by molar-refractivity contribution is 0.412. The van der Waals surface area contributed by atoms with E-state index in [0.717, 1.165) is 28.7 Å². The number of phenolic OH excluding ortho intramolecular Hbond substituents is 1. The molecule has 0 aliphatic rings. The molecule has 102 valence electrons. The number of ether oxygens (including phenoxy) is 1. The van der Waals surface area contributed by atoms with Crippen molar-refractivity contribution in [2.45, 2.75) is 40.0 Å². The van der Waals surface area contributed by atoms with E-state index < -0.39 is 0 Å². The molecular formula is C17H22O2. The van der Waals surface area contributed by atoms with Crippen molar-refractivity contribution >= 4 is 10.8 Å². The Morgan fingerprint density at radius 1 is 1.16 bits per heavy atom. The lowest BCUT2D eigenvalue weighted by Gasteiger charge is -2.17. The molecule has 2 rings (SSSR count). The number of fused-ring (bicyclic) bond motifs is 1. The first-order valence-corrected chi connectivity index (χ1v) is 6.80. The van der Waals surface area contributed by atoms with E-state index in [1.807, 2.05) is 19.1 Å². The molecule has 0 spiro atoms. The number of rotatable bonds is 3. The predicted octanol–water partition coefficient (Wildman–Crippen LogP) is 4.68. The summed E-state index contributed by atoms with van der Waals surface area (Å²) in [7, 11) is 1.68. The zero-order valence-electron chi connectivity index (χ0n) is 12.4. The molecule has 0 amide bonds. The number of aryl methyl sites for hydroxylation is 2. The second-order valence-electron chi connectivity index (χ2n) is 5.29. The van der Waals surface area contributed by atoms with Gasteiger partial charge in [-0.15, -0.1) is 0 Å². The number of hydrogen-bond donors (Lipinski definition) is 1. The Morgan fingerprint density at radius 3 is 2.42 bits per heavy atom. The molecule has 1 unspecified atom stereocenters. The van der Waals surface area contributed by atoms with E-state index in [2.05, 4.69) is 26.8 Å². The van der Waals surface area contributed by atoms with Crippen molar-refractivity contribution in [3.63, 3.8) is 0 Å². The van der Waals surface area contributed by atoms with Gasteiger partial charge in [0.1, 0.15) is 11.5 Å². The molecule has 0 aliphatic heterocycles. The van der Waals surface area contributed by atoms with Crippen molar-refractivity contribution in [1.29, 1.82) is 0 Å². The fourth-order valence-corrected chi connectivity index (χ4v) is 2.56. The van der Waals surface area contributed by atoms with Gasteiger partial charge in [-0.3, -0.25) is 0 Å². The zero-order valence-corrected chi connectivity index (χ0v) is 12.4. The SMILES string of the molecule is CCC(C)c1cc(O)c(C)c2cc(OC)c(C)cc12. The van der Waals surface area contributed by atoms with E-state index in [0.29, 0.717) is 11.7 Å². The van der Waals surface area contributed by atoms with Crippen molar-refractivity contribution in [1.82, 2.24) is 0 Å². The lowest BCUT2D eigenvalue weighted by Crippen LogP contribution is -1.97. The third-order valence-electron chi connectivity index (χ3n) is 4.07. The molecule has 0 saturated heterocycles. The van der Waals surface area contributed by atoms with E-state index in [4.69, 9.17) is 4.74 Å². The van der Waals surface area contributed by atoms with E-state index in [-0.39, 0.29) is 0 Å². The summed E-state index contributed by atoms with van der Waals surface area (Å²) >= 11 is 0. The van der Waals surface area contributed by atoms with Crippen molar-refractivity contribution in [3.05, 3.63) is 34.9 Å². The fraction of sp³-hybridized carbons (Fsp3) is 0.412. The minimum Gasteiger partial charge on any atom is -0.508 e. The average molecular weight is 258 g/mol. The molecule has 0 bridgehead atoms. The molecule has 0 saturated carbocycles. The van der Waals surface area contributed by atoms with Crippen LogP contribution in [-0.2, 0) is 0 Å². The van der Waals surface area contributed by atoms with Crippen LogP contribution in [0.25, 0.3) is 10.8 Å². The van der Waals surface area contributed by atoms with Crippen LogP contribution in [0.1, 0.15) is 42.9 Å². The maximum Gasteiger partial charge on any atom is 0.122 e. The Bertz CT molecular complexity index is 614. The van der Waals surface area contributed by atoms with Gasteiger partial charge in [-0.25, -0.2) is 0 Å². The second kappa shape index (κ2) is 5.12. The van der Waals surface area contributed by atoms with Gasteiger partial charge in [-0.05, 0) is 71.8 Å².